The maximum absolute atomic E-state index is 13.2. The topological polar surface area (TPSA) is 46.3 Å². The highest BCUT2D eigenvalue weighted by atomic mass is 19.2. The van der Waals surface area contributed by atoms with Crippen LogP contribution < -0.4 is 5.73 Å². The zero-order valence-electron chi connectivity index (χ0n) is 12.7. The molecule has 2 aliphatic rings. The fourth-order valence-corrected chi connectivity index (χ4v) is 3.21. The van der Waals surface area contributed by atoms with Crippen LogP contribution in [0.15, 0.2) is 18.2 Å². The standard InChI is InChI=1S/C17H22F2N2O/c18-14-6-5-12(10-15(14)19)3-4-13-2-1-9-21(11-13)16(22)17(20)7-8-17/h5-6,10,13H,1-4,7-9,11,20H2/t13-/m1/s1. The van der Waals surface area contributed by atoms with Crippen LogP contribution in [0.5, 0.6) is 0 Å². The molecule has 3 rings (SSSR count). The average molecular weight is 308 g/mol. The van der Waals surface area contributed by atoms with E-state index in [1.807, 2.05) is 4.90 Å². The van der Waals surface area contributed by atoms with Crippen molar-refractivity contribution in [1.29, 1.82) is 0 Å². The first kappa shape index (κ1) is 15.4. The van der Waals surface area contributed by atoms with Gasteiger partial charge in [0.2, 0.25) is 5.91 Å². The lowest BCUT2D eigenvalue weighted by atomic mass is 9.91. The van der Waals surface area contributed by atoms with Gasteiger partial charge in [-0.3, -0.25) is 4.79 Å². The van der Waals surface area contributed by atoms with E-state index in [-0.39, 0.29) is 5.91 Å². The molecular formula is C17H22F2N2O. The van der Waals surface area contributed by atoms with Gasteiger partial charge in [0, 0.05) is 13.1 Å². The molecular weight excluding hydrogens is 286 g/mol. The molecule has 1 aromatic carbocycles. The molecule has 2 N–H and O–H groups in total. The van der Waals surface area contributed by atoms with E-state index in [0.717, 1.165) is 50.8 Å². The van der Waals surface area contributed by atoms with Crippen LogP contribution in [0.2, 0.25) is 0 Å². The number of halogens is 2. The Hall–Kier alpha value is -1.49. The van der Waals surface area contributed by atoms with Gasteiger partial charge in [-0.15, -0.1) is 0 Å². The van der Waals surface area contributed by atoms with Crippen molar-refractivity contribution in [3.05, 3.63) is 35.4 Å². The van der Waals surface area contributed by atoms with E-state index >= 15 is 0 Å². The highest BCUT2D eigenvalue weighted by Crippen LogP contribution is 2.35. The van der Waals surface area contributed by atoms with E-state index in [1.54, 1.807) is 6.07 Å². The highest BCUT2D eigenvalue weighted by molar-refractivity contribution is 5.89. The molecule has 22 heavy (non-hydrogen) atoms. The minimum absolute atomic E-state index is 0.0880. The van der Waals surface area contributed by atoms with E-state index in [4.69, 9.17) is 5.73 Å². The molecule has 0 unspecified atom stereocenters. The van der Waals surface area contributed by atoms with E-state index in [9.17, 15) is 13.6 Å². The molecule has 0 spiro atoms. The summed E-state index contributed by atoms with van der Waals surface area (Å²) in [5, 5.41) is 0. The summed E-state index contributed by atoms with van der Waals surface area (Å²) in [6, 6.07) is 4.07. The second-order valence-corrected chi connectivity index (χ2v) is 6.70. The lowest BCUT2D eigenvalue weighted by Crippen LogP contribution is -2.49. The summed E-state index contributed by atoms with van der Waals surface area (Å²) < 4.78 is 26.1. The van der Waals surface area contributed by atoms with Crippen molar-refractivity contribution >= 4 is 5.91 Å². The van der Waals surface area contributed by atoms with Crippen LogP contribution in [0.3, 0.4) is 0 Å². The SMILES string of the molecule is NC1(C(=O)N2CCC[C@H](CCc3ccc(F)c(F)c3)C2)CC1. The van der Waals surface area contributed by atoms with Crippen molar-refractivity contribution in [1.82, 2.24) is 4.90 Å². The van der Waals surface area contributed by atoms with E-state index in [1.165, 1.54) is 12.1 Å². The van der Waals surface area contributed by atoms with E-state index in [2.05, 4.69) is 0 Å². The summed E-state index contributed by atoms with van der Waals surface area (Å²) in [7, 11) is 0. The van der Waals surface area contributed by atoms with Gasteiger partial charge in [0.05, 0.1) is 5.54 Å². The van der Waals surface area contributed by atoms with Crippen molar-refractivity contribution < 1.29 is 13.6 Å². The van der Waals surface area contributed by atoms with Gasteiger partial charge in [0.1, 0.15) is 0 Å². The maximum atomic E-state index is 13.2. The predicted molar refractivity (Wildman–Crippen MR) is 80.1 cm³/mol. The number of hydrogen-bond donors (Lipinski definition) is 1. The molecule has 1 saturated heterocycles. The quantitative estimate of drug-likeness (QED) is 0.929. The van der Waals surface area contributed by atoms with Crippen molar-refractivity contribution in [2.75, 3.05) is 13.1 Å². The number of aryl methyl sites for hydroxylation is 1. The van der Waals surface area contributed by atoms with E-state index in [0.29, 0.717) is 12.3 Å². The average Bonchev–Trinajstić information content (AvgIpc) is 3.27. The zero-order chi connectivity index (χ0) is 15.7. The minimum atomic E-state index is -0.809. The number of benzene rings is 1. The predicted octanol–water partition coefficient (Wildman–Crippen LogP) is 2.63. The second kappa shape index (κ2) is 5.95. The van der Waals surface area contributed by atoms with Gasteiger partial charge in [-0.1, -0.05) is 6.07 Å². The van der Waals surface area contributed by atoms with Crippen molar-refractivity contribution in [2.45, 2.75) is 44.1 Å². The van der Waals surface area contributed by atoms with Gasteiger partial charge in [0.15, 0.2) is 11.6 Å². The summed E-state index contributed by atoms with van der Waals surface area (Å²) >= 11 is 0. The molecule has 1 aliphatic carbocycles. The van der Waals surface area contributed by atoms with Crippen LogP contribution >= 0.6 is 0 Å². The lowest BCUT2D eigenvalue weighted by Gasteiger charge is -2.34. The Kier molecular flexibility index (Phi) is 4.17. The number of amides is 1. The summed E-state index contributed by atoms with van der Waals surface area (Å²) in [6.07, 6.45) is 5.24. The van der Waals surface area contributed by atoms with Crippen LogP contribution in [-0.2, 0) is 11.2 Å². The first-order chi connectivity index (χ1) is 10.5. The van der Waals surface area contributed by atoms with Crippen LogP contribution in [0.4, 0.5) is 8.78 Å². The summed E-state index contributed by atoms with van der Waals surface area (Å²) in [5.41, 5.74) is 6.20. The first-order valence-electron chi connectivity index (χ1n) is 8.00. The third-order valence-corrected chi connectivity index (χ3v) is 4.85. The molecule has 1 saturated carbocycles. The van der Waals surface area contributed by atoms with Gasteiger partial charge >= 0.3 is 0 Å². The van der Waals surface area contributed by atoms with E-state index < -0.39 is 17.2 Å². The minimum Gasteiger partial charge on any atom is -0.341 e. The number of piperidine rings is 1. The Labute approximate surface area is 129 Å². The molecule has 1 aliphatic heterocycles. The third-order valence-electron chi connectivity index (χ3n) is 4.85. The summed E-state index contributed by atoms with van der Waals surface area (Å²) in [5.74, 6) is -1.11. The fourth-order valence-electron chi connectivity index (χ4n) is 3.21. The monoisotopic (exact) mass is 308 g/mol. The Morgan fingerprint density at radius 2 is 2.09 bits per heavy atom. The number of likely N-dealkylation sites (tertiary alicyclic amines) is 1. The maximum Gasteiger partial charge on any atom is 0.242 e. The Morgan fingerprint density at radius 3 is 2.77 bits per heavy atom. The van der Waals surface area contributed by atoms with Gasteiger partial charge in [-0.05, 0) is 62.1 Å². The van der Waals surface area contributed by atoms with Crippen molar-refractivity contribution in [3.8, 4) is 0 Å². The number of carbonyl (C=O) groups excluding carboxylic acids is 1. The molecule has 120 valence electrons. The summed E-state index contributed by atoms with van der Waals surface area (Å²) in [6.45, 7) is 1.53. The van der Waals surface area contributed by atoms with Crippen LogP contribution in [0, 0.1) is 17.6 Å². The van der Waals surface area contributed by atoms with Crippen LogP contribution in [0.1, 0.15) is 37.7 Å². The fraction of sp³-hybridized carbons (Fsp3) is 0.588. The smallest absolute Gasteiger partial charge is 0.242 e. The van der Waals surface area contributed by atoms with Crippen LogP contribution in [0.25, 0.3) is 0 Å². The summed E-state index contributed by atoms with van der Waals surface area (Å²) in [4.78, 5) is 14.2. The molecule has 1 amide bonds. The van der Waals surface area contributed by atoms with Crippen molar-refractivity contribution in [2.24, 2.45) is 11.7 Å². The molecule has 3 nitrogen and oxygen atoms in total. The molecule has 5 heteroatoms. The molecule has 1 heterocycles. The molecule has 0 aromatic heterocycles. The van der Waals surface area contributed by atoms with Gasteiger partial charge in [0.25, 0.3) is 0 Å². The van der Waals surface area contributed by atoms with Crippen LogP contribution in [-0.4, -0.2) is 29.4 Å². The lowest BCUT2D eigenvalue weighted by molar-refractivity contribution is -0.135. The Bertz CT molecular complexity index is 572. The molecule has 0 bridgehead atoms. The highest BCUT2D eigenvalue weighted by Gasteiger charge is 2.48. The molecule has 1 aromatic rings. The second-order valence-electron chi connectivity index (χ2n) is 6.70. The number of carbonyl (C=O) groups is 1. The molecule has 2 fully saturated rings. The third kappa shape index (κ3) is 3.29. The molecule has 0 radical (unpaired) electrons. The number of nitrogens with two attached hydrogens (primary N) is 1. The Balaban J connectivity index is 1.54. The van der Waals surface area contributed by atoms with Gasteiger partial charge < -0.3 is 10.6 Å². The Morgan fingerprint density at radius 1 is 1.32 bits per heavy atom. The first-order valence-corrected chi connectivity index (χ1v) is 8.00. The largest absolute Gasteiger partial charge is 0.341 e. The number of hydrogen-bond acceptors (Lipinski definition) is 2. The normalized spacial score (nSPS) is 23.4. The van der Waals surface area contributed by atoms with Gasteiger partial charge in [-0.25, -0.2) is 8.78 Å². The zero-order valence-corrected chi connectivity index (χ0v) is 12.7. The number of nitrogens with zero attached hydrogens (tertiary/aromatic N) is 1. The van der Waals surface area contributed by atoms with Crippen molar-refractivity contribution in [3.63, 3.8) is 0 Å². The molecule has 1 atom stereocenters. The van der Waals surface area contributed by atoms with Gasteiger partial charge in [-0.2, -0.15) is 0 Å². The number of rotatable bonds is 4.